The average molecular weight is 250 g/mol. The third kappa shape index (κ3) is 3.58. The Hall–Kier alpha value is -0.340. The van der Waals surface area contributed by atoms with E-state index in [1.807, 2.05) is 0 Å². The van der Waals surface area contributed by atoms with Crippen molar-refractivity contribution in [2.45, 2.75) is 58.5 Å². The monoisotopic (exact) mass is 250 g/mol. The zero-order valence-electron chi connectivity index (χ0n) is 12.3. The van der Waals surface area contributed by atoms with Crippen LogP contribution in [-0.4, -0.2) is 25.2 Å². The molecule has 1 saturated heterocycles. The molecule has 0 aromatic carbocycles. The molecule has 0 saturated carbocycles. The Kier molecular flexibility index (Phi) is 5.25. The fourth-order valence-electron chi connectivity index (χ4n) is 3.49. The number of nitrogens with one attached hydrogen (secondary N) is 2. The SMILES string of the molecule is CC(C1CCNCC1)[C@H](C)N[C@@H]1CCC=CC1C. The first-order valence-corrected chi connectivity index (χ1v) is 7.82. The van der Waals surface area contributed by atoms with Gasteiger partial charge < -0.3 is 10.6 Å². The molecule has 1 fully saturated rings. The van der Waals surface area contributed by atoms with Crippen LogP contribution in [0.5, 0.6) is 0 Å². The quantitative estimate of drug-likeness (QED) is 0.750. The van der Waals surface area contributed by atoms with E-state index in [1.54, 1.807) is 0 Å². The number of allylic oxidation sites excluding steroid dienone is 1. The van der Waals surface area contributed by atoms with Gasteiger partial charge in [-0.25, -0.2) is 0 Å². The summed E-state index contributed by atoms with van der Waals surface area (Å²) in [6.07, 6.45) is 9.98. The lowest BCUT2D eigenvalue weighted by atomic mass is 9.81. The summed E-state index contributed by atoms with van der Waals surface area (Å²) >= 11 is 0. The van der Waals surface area contributed by atoms with Crippen molar-refractivity contribution in [3.8, 4) is 0 Å². The third-order valence-electron chi connectivity index (χ3n) is 5.11. The fourth-order valence-corrected chi connectivity index (χ4v) is 3.49. The van der Waals surface area contributed by atoms with Gasteiger partial charge in [-0.15, -0.1) is 0 Å². The molecule has 1 aliphatic carbocycles. The predicted octanol–water partition coefficient (Wildman–Crippen LogP) is 2.95. The first-order valence-electron chi connectivity index (χ1n) is 7.82. The smallest absolute Gasteiger partial charge is 0.0133 e. The summed E-state index contributed by atoms with van der Waals surface area (Å²) in [6.45, 7) is 9.60. The van der Waals surface area contributed by atoms with Gasteiger partial charge in [-0.05, 0) is 63.5 Å². The van der Waals surface area contributed by atoms with E-state index < -0.39 is 0 Å². The molecule has 2 N–H and O–H groups in total. The maximum Gasteiger partial charge on any atom is 0.0133 e. The minimum atomic E-state index is 0.645. The molecular formula is C16H30N2. The van der Waals surface area contributed by atoms with Crippen molar-refractivity contribution in [2.75, 3.05) is 13.1 Å². The summed E-state index contributed by atoms with van der Waals surface area (Å²) in [6, 6.07) is 1.33. The van der Waals surface area contributed by atoms with Gasteiger partial charge in [0.05, 0.1) is 0 Å². The van der Waals surface area contributed by atoms with Gasteiger partial charge in [-0.1, -0.05) is 26.0 Å². The first kappa shape index (κ1) is 14.1. The van der Waals surface area contributed by atoms with Crippen molar-refractivity contribution >= 4 is 0 Å². The summed E-state index contributed by atoms with van der Waals surface area (Å²) in [5, 5.41) is 7.36. The van der Waals surface area contributed by atoms with E-state index in [4.69, 9.17) is 0 Å². The van der Waals surface area contributed by atoms with Crippen molar-refractivity contribution in [1.29, 1.82) is 0 Å². The second kappa shape index (κ2) is 6.72. The van der Waals surface area contributed by atoms with E-state index in [0.29, 0.717) is 18.0 Å². The third-order valence-corrected chi connectivity index (χ3v) is 5.11. The van der Waals surface area contributed by atoms with E-state index >= 15 is 0 Å². The van der Waals surface area contributed by atoms with Crippen molar-refractivity contribution in [3.05, 3.63) is 12.2 Å². The molecule has 4 atom stereocenters. The minimum absolute atomic E-state index is 0.645. The molecule has 2 rings (SSSR count). The highest BCUT2D eigenvalue weighted by molar-refractivity contribution is 4.99. The van der Waals surface area contributed by atoms with E-state index in [2.05, 4.69) is 43.6 Å². The molecule has 18 heavy (non-hydrogen) atoms. The molecule has 0 radical (unpaired) electrons. The fraction of sp³-hybridized carbons (Fsp3) is 0.875. The van der Waals surface area contributed by atoms with E-state index in [9.17, 15) is 0 Å². The molecule has 0 spiro atoms. The van der Waals surface area contributed by atoms with Crippen molar-refractivity contribution in [2.24, 2.45) is 17.8 Å². The molecule has 0 aromatic heterocycles. The summed E-state index contributed by atoms with van der Waals surface area (Å²) in [7, 11) is 0. The van der Waals surface area contributed by atoms with Crippen LogP contribution in [0.4, 0.5) is 0 Å². The second-order valence-electron chi connectivity index (χ2n) is 6.37. The van der Waals surface area contributed by atoms with Gasteiger partial charge in [0.15, 0.2) is 0 Å². The zero-order valence-corrected chi connectivity index (χ0v) is 12.3. The number of hydrogen-bond acceptors (Lipinski definition) is 2. The maximum atomic E-state index is 3.89. The Morgan fingerprint density at radius 1 is 1.17 bits per heavy atom. The summed E-state index contributed by atoms with van der Waals surface area (Å²) in [5.74, 6) is 2.40. The standard InChI is InChI=1S/C16H30N2/c1-12-6-4-5-7-16(12)18-14(3)13(2)15-8-10-17-11-9-15/h4,6,12-18H,5,7-11H2,1-3H3/t12?,13?,14-,16+/m0/s1. The molecule has 0 amide bonds. The van der Waals surface area contributed by atoms with Gasteiger partial charge in [0.1, 0.15) is 0 Å². The van der Waals surface area contributed by atoms with Crippen LogP contribution in [0, 0.1) is 17.8 Å². The molecule has 104 valence electrons. The second-order valence-corrected chi connectivity index (χ2v) is 6.37. The number of rotatable bonds is 4. The molecule has 2 heteroatoms. The Labute approximate surface area is 113 Å². The summed E-state index contributed by atoms with van der Waals surface area (Å²) in [5.41, 5.74) is 0. The molecule has 2 unspecified atom stereocenters. The lowest BCUT2D eigenvalue weighted by molar-refractivity contribution is 0.206. The Bertz CT molecular complexity index is 268. The van der Waals surface area contributed by atoms with Crippen LogP contribution in [0.1, 0.15) is 46.5 Å². The van der Waals surface area contributed by atoms with Gasteiger partial charge in [0.25, 0.3) is 0 Å². The molecule has 0 bridgehead atoms. The van der Waals surface area contributed by atoms with E-state index in [0.717, 1.165) is 11.8 Å². The molecule has 2 nitrogen and oxygen atoms in total. The van der Waals surface area contributed by atoms with Crippen LogP contribution < -0.4 is 10.6 Å². The topological polar surface area (TPSA) is 24.1 Å². The van der Waals surface area contributed by atoms with E-state index in [1.165, 1.54) is 38.8 Å². The highest BCUT2D eigenvalue weighted by atomic mass is 15.0. The van der Waals surface area contributed by atoms with Crippen LogP contribution in [-0.2, 0) is 0 Å². The van der Waals surface area contributed by atoms with Crippen LogP contribution in [0.25, 0.3) is 0 Å². The Morgan fingerprint density at radius 2 is 1.89 bits per heavy atom. The average Bonchev–Trinajstić information content (AvgIpc) is 2.41. The van der Waals surface area contributed by atoms with E-state index in [-0.39, 0.29) is 0 Å². The highest BCUT2D eigenvalue weighted by Crippen LogP contribution is 2.26. The number of piperidine rings is 1. The van der Waals surface area contributed by atoms with Crippen LogP contribution in [0.15, 0.2) is 12.2 Å². The maximum absolute atomic E-state index is 3.89. The first-order chi connectivity index (χ1) is 8.68. The molecular weight excluding hydrogens is 220 g/mol. The molecule has 0 aromatic rings. The predicted molar refractivity (Wildman–Crippen MR) is 78.7 cm³/mol. The van der Waals surface area contributed by atoms with Crippen LogP contribution in [0.2, 0.25) is 0 Å². The van der Waals surface area contributed by atoms with Gasteiger partial charge in [0.2, 0.25) is 0 Å². The summed E-state index contributed by atoms with van der Waals surface area (Å²) < 4.78 is 0. The van der Waals surface area contributed by atoms with Crippen LogP contribution >= 0.6 is 0 Å². The van der Waals surface area contributed by atoms with Gasteiger partial charge in [-0.2, -0.15) is 0 Å². The Morgan fingerprint density at radius 3 is 2.56 bits per heavy atom. The lowest BCUT2D eigenvalue weighted by Gasteiger charge is -2.36. The zero-order chi connectivity index (χ0) is 13.0. The Balaban J connectivity index is 1.82. The highest BCUT2D eigenvalue weighted by Gasteiger charge is 2.27. The largest absolute Gasteiger partial charge is 0.317 e. The summed E-state index contributed by atoms with van der Waals surface area (Å²) in [4.78, 5) is 0. The lowest BCUT2D eigenvalue weighted by Crippen LogP contribution is -2.46. The molecule has 2 aliphatic rings. The van der Waals surface area contributed by atoms with Crippen molar-refractivity contribution < 1.29 is 0 Å². The van der Waals surface area contributed by atoms with Gasteiger partial charge in [-0.3, -0.25) is 0 Å². The minimum Gasteiger partial charge on any atom is -0.317 e. The normalized spacial score (nSPS) is 33.3. The van der Waals surface area contributed by atoms with Gasteiger partial charge >= 0.3 is 0 Å². The van der Waals surface area contributed by atoms with Gasteiger partial charge in [0, 0.05) is 12.1 Å². The van der Waals surface area contributed by atoms with Crippen LogP contribution in [0.3, 0.4) is 0 Å². The van der Waals surface area contributed by atoms with Crippen molar-refractivity contribution in [1.82, 2.24) is 10.6 Å². The van der Waals surface area contributed by atoms with Crippen molar-refractivity contribution in [3.63, 3.8) is 0 Å². The number of hydrogen-bond donors (Lipinski definition) is 2. The molecule has 1 aliphatic heterocycles. The molecule has 1 heterocycles.